The van der Waals surface area contributed by atoms with Crippen LogP contribution in [0.5, 0.6) is 0 Å². The van der Waals surface area contributed by atoms with Crippen LogP contribution in [-0.4, -0.2) is 12.0 Å². The average Bonchev–Trinajstić information content (AvgIpc) is 2.90. The van der Waals surface area contributed by atoms with Gasteiger partial charge in [0.1, 0.15) is 11.3 Å². The normalized spacial score (nSPS) is 10.7. The number of fused-ring (bicyclic) bond motifs is 1. The minimum Gasteiger partial charge on any atom is -0.456 e. The second-order valence-corrected chi connectivity index (χ2v) is 4.39. The van der Waals surface area contributed by atoms with E-state index >= 15 is 0 Å². The first-order chi connectivity index (χ1) is 9.69. The number of non-ortho nitro benzene ring substituents is 1. The van der Waals surface area contributed by atoms with Crippen molar-refractivity contribution < 1.29 is 9.34 Å². The molecule has 20 heavy (non-hydrogen) atoms. The van der Waals surface area contributed by atoms with E-state index in [1.54, 1.807) is 19.2 Å². The van der Waals surface area contributed by atoms with E-state index in [9.17, 15) is 10.1 Å². The number of rotatable bonds is 3. The number of nitrogens with one attached hydrogen (secondary N) is 1. The molecule has 1 N–H and O–H groups in total. The average molecular weight is 268 g/mol. The van der Waals surface area contributed by atoms with Crippen LogP contribution in [0.2, 0.25) is 0 Å². The van der Waals surface area contributed by atoms with E-state index in [-0.39, 0.29) is 5.69 Å². The molecule has 0 bridgehead atoms. The molecule has 3 rings (SSSR count). The maximum absolute atomic E-state index is 11.2. The molecule has 0 aliphatic carbocycles. The summed E-state index contributed by atoms with van der Waals surface area (Å²) in [7, 11) is 1.71. The van der Waals surface area contributed by atoms with Crippen molar-refractivity contribution in [3.05, 3.63) is 58.6 Å². The summed E-state index contributed by atoms with van der Waals surface area (Å²) in [5.74, 6) is 0.622. The number of anilines is 1. The Hall–Kier alpha value is -2.82. The molecule has 0 radical (unpaired) electrons. The molecule has 0 saturated heterocycles. The van der Waals surface area contributed by atoms with Gasteiger partial charge in [-0.2, -0.15) is 0 Å². The zero-order valence-electron chi connectivity index (χ0n) is 10.8. The van der Waals surface area contributed by atoms with Crippen LogP contribution >= 0.6 is 0 Å². The van der Waals surface area contributed by atoms with Gasteiger partial charge in [0.15, 0.2) is 0 Å². The lowest BCUT2D eigenvalue weighted by Gasteiger charge is -1.99. The number of hydrogen-bond donors (Lipinski definition) is 1. The van der Waals surface area contributed by atoms with E-state index in [2.05, 4.69) is 5.32 Å². The summed E-state index contributed by atoms with van der Waals surface area (Å²) >= 11 is 0. The second-order valence-electron chi connectivity index (χ2n) is 4.39. The van der Waals surface area contributed by atoms with E-state index in [4.69, 9.17) is 4.42 Å². The van der Waals surface area contributed by atoms with Crippen molar-refractivity contribution in [2.24, 2.45) is 0 Å². The molecular weight excluding hydrogens is 256 g/mol. The van der Waals surface area contributed by atoms with Gasteiger partial charge in [0.2, 0.25) is 0 Å². The molecule has 0 amide bonds. The van der Waals surface area contributed by atoms with Crippen molar-refractivity contribution in [1.82, 2.24) is 0 Å². The van der Waals surface area contributed by atoms with Gasteiger partial charge < -0.3 is 9.73 Å². The summed E-state index contributed by atoms with van der Waals surface area (Å²) in [5.41, 5.74) is 2.09. The summed E-state index contributed by atoms with van der Waals surface area (Å²) in [5, 5.41) is 14.6. The molecule has 2 aromatic carbocycles. The minimum absolute atomic E-state index is 0.0396. The highest BCUT2D eigenvalue weighted by Gasteiger charge is 2.18. The lowest BCUT2D eigenvalue weighted by molar-refractivity contribution is -0.383. The van der Waals surface area contributed by atoms with E-state index in [0.717, 1.165) is 5.56 Å². The number of nitro benzene ring substituents is 1. The van der Waals surface area contributed by atoms with Crippen molar-refractivity contribution in [1.29, 1.82) is 0 Å². The maximum Gasteiger partial charge on any atom is 0.282 e. The Bertz CT molecular complexity index is 778. The molecule has 1 aromatic heterocycles. The Labute approximate surface area is 115 Å². The van der Waals surface area contributed by atoms with Crippen LogP contribution < -0.4 is 5.32 Å². The number of hydrogen-bond acceptors (Lipinski definition) is 4. The van der Waals surface area contributed by atoms with Gasteiger partial charge in [-0.15, -0.1) is 0 Å². The third kappa shape index (κ3) is 1.99. The van der Waals surface area contributed by atoms with Crippen LogP contribution in [0.15, 0.2) is 52.9 Å². The molecule has 0 spiro atoms. The lowest BCUT2D eigenvalue weighted by atomic mass is 10.1. The molecule has 0 atom stereocenters. The molecular formula is C15H12N2O3. The third-order valence-corrected chi connectivity index (χ3v) is 3.16. The smallest absolute Gasteiger partial charge is 0.282 e. The number of nitro groups is 1. The van der Waals surface area contributed by atoms with E-state index in [1.165, 1.54) is 6.07 Å². The first-order valence-electron chi connectivity index (χ1n) is 6.14. The highest BCUT2D eigenvalue weighted by molar-refractivity contribution is 5.93. The molecule has 3 aromatic rings. The lowest BCUT2D eigenvalue weighted by Crippen LogP contribution is -1.92. The Kier molecular flexibility index (Phi) is 2.87. The van der Waals surface area contributed by atoms with Gasteiger partial charge in [-0.3, -0.25) is 10.1 Å². The quantitative estimate of drug-likeness (QED) is 0.574. The van der Waals surface area contributed by atoms with Gasteiger partial charge >= 0.3 is 0 Å². The Morgan fingerprint density at radius 1 is 1.15 bits per heavy atom. The Morgan fingerprint density at radius 3 is 2.55 bits per heavy atom. The van der Waals surface area contributed by atoms with Crippen molar-refractivity contribution in [2.75, 3.05) is 12.4 Å². The van der Waals surface area contributed by atoms with Gasteiger partial charge in [0, 0.05) is 30.4 Å². The largest absolute Gasteiger partial charge is 0.456 e. The van der Waals surface area contributed by atoms with Crippen LogP contribution in [0.3, 0.4) is 0 Å². The van der Waals surface area contributed by atoms with Gasteiger partial charge in [0.05, 0.1) is 10.3 Å². The molecule has 0 unspecified atom stereocenters. The molecule has 0 aliphatic heterocycles. The maximum atomic E-state index is 11.2. The van der Waals surface area contributed by atoms with Crippen LogP contribution in [0.4, 0.5) is 11.4 Å². The minimum atomic E-state index is -0.395. The number of benzene rings is 2. The van der Waals surface area contributed by atoms with Crippen molar-refractivity contribution >= 4 is 22.3 Å². The van der Waals surface area contributed by atoms with Crippen LogP contribution in [0.1, 0.15) is 0 Å². The van der Waals surface area contributed by atoms with Crippen LogP contribution in [-0.2, 0) is 0 Å². The zero-order chi connectivity index (χ0) is 14.1. The SMILES string of the molecule is CNc1cc([N+](=O)[O-])c2cc(-c3ccccc3)oc2c1. The van der Waals surface area contributed by atoms with E-state index < -0.39 is 4.92 Å². The summed E-state index contributed by atoms with van der Waals surface area (Å²) in [6, 6.07) is 14.5. The highest BCUT2D eigenvalue weighted by atomic mass is 16.6. The molecule has 0 fully saturated rings. The summed E-state index contributed by atoms with van der Waals surface area (Å²) in [4.78, 5) is 10.8. The van der Waals surface area contributed by atoms with E-state index in [1.807, 2.05) is 30.3 Å². The fourth-order valence-electron chi connectivity index (χ4n) is 2.16. The van der Waals surface area contributed by atoms with Gasteiger partial charge in [-0.05, 0) is 6.07 Å². The molecule has 5 nitrogen and oxygen atoms in total. The van der Waals surface area contributed by atoms with Crippen molar-refractivity contribution in [2.45, 2.75) is 0 Å². The third-order valence-electron chi connectivity index (χ3n) is 3.16. The fourth-order valence-corrected chi connectivity index (χ4v) is 2.16. The van der Waals surface area contributed by atoms with Gasteiger partial charge in [-0.25, -0.2) is 0 Å². The highest BCUT2D eigenvalue weighted by Crippen LogP contribution is 2.35. The molecule has 0 saturated carbocycles. The van der Waals surface area contributed by atoms with Gasteiger partial charge in [-0.1, -0.05) is 30.3 Å². The Morgan fingerprint density at radius 2 is 1.90 bits per heavy atom. The first kappa shape index (κ1) is 12.2. The van der Waals surface area contributed by atoms with Crippen LogP contribution in [0, 0.1) is 10.1 Å². The monoisotopic (exact) mass is 268 g/mol. The Balaban J connectivity index is 2.25. The summed E-state index contributed by atoms with van der Waals surface area (Å²) in [6.07, 6.45) is 0. The van der Waals surface area contributed by atoms with Crippen molar-refractivity contribution in [3.63, 3.8) is 0 Å². The molecule has 0 aliphatic rings. The fraction of sp³-hybridized carbons (Fsp3) is 0.0667. The topological polar surface area (TPSA) is 68.3 Å². The predicted molar refractivity (Wildman–Crippen MR) is 77.9 cm³/mol. The number of nitrogens with zero attached hydrogens (tertiary/aromatic N) is 1. The molecule has 100 valence electrons. The molecule has 5 heteroatoms. The van der Waals surface area contributed by atoms with Gasteiger partial charge in [0.25, 0.3) is 5.69 Å². The zero-order valence-corrected chi connectivity index (χ0v) is 10.8. The number of furan rings is 1. The standard InChI is InChI=1S/C15H12N2O3/c1-16-11-7-13(17(18)19)12-9-14(20-15(12)8-11)10-5-3-2-4-6-10/h2-9,16H,1H3. The summed E-state index contributed by atoms with van der Waals surface area (Å²) < 4.78 is 5.74. The van der Waals surface area contributed by atoms with Crippen LogP contribution in [0.25, 0.3) is 22.3 Å². The summed E-state index contributed by atoms with van der Waals surface area (Å²) in [6.45, 7) is 0. The second kappa shape index (κ2) is 4.70. The van der Waals surface area contributed by atoms with Crippen molar-refractivity contribution in [3.8, 4) is 11.3 Å². The first-order valence-corrected chi connectivity index (χ1v) is 6.14. The van der Waals surface area contributed by atoms with E-state index in [0.29, 0.717) is 22.4 Å². The molecule has 1 heterocycles. The predicted octanol–water partition coefficient (Wildman–Crippen LogP) is 4.05.